The summed E-state index contributed by atoms with van der Waals surface area (Å²) in [5, 5.41) is 2.60. The van der Waals surface area contributed by atoms with E-state index in [0.717, 1.165) is 5.69 Å². The summed E-state index contributed by atoms with van der Waals surface area (Å²) in [5.41, 5.74) is 1.43. The van der Waals surface area contributed by atoms with Gasteiger partial charge in [-0.15, -0.1) is 0 Å². The smallest absolute Gasteiger partial charge is 0.338 e. The molecule has 0 spiro atoms. The standard InChI is InChI=1S/C14H20N2O3/c1-5-15-13(17)10(2)19-14(18)11-6-8-12(9-7-11)16(3)4/h6-10H,5H2,1-4H3,(H,15,17)/t10-/m0/s1. The summed E-state index contributed by atoms with van der Waals surface area (Å²) in [6.07, 6.45) is -0.791. The average Bonchev–Trinajstić information content (AvgIpc) is 2.38. The second-order valence-corrected chi connectivity index (χ2v) is 4.38. The number of benzene rings is 1. The molecule has 1 aromatic carbocycles. The zero-order valence-corrected chi connectivity index (χ0v) is 11.8. The molecule has 0 bridgehead atoms. The fourth-order valence-electron chi connectivity index (χ4n) is 1.50. The molecule has 0 saturated carbocycles. The second kappa shape index (κ2) is 6.78. The Labute approximate surface area is 113 Å². The first-order chi connectivity index (χ1) is 8.95. The molecule has 0 aliphatic heterocycles. The Morgan fingerprint density at radius 1 is 1.26 bits per heavy atom. The van der Waals surface area contributed by atoms with Crippen LogP contribution >= 0.6 is 0 Å². The van der Waals surface area contributed by atoms with Crippen LogP contribution in [0.2, 0.25) is 0 Å². The Hall–Kier alpha value is -2.04. The highest BCUT2D eigenvalue weighted by molar-refractivity contribution is 5.92. The third-order valence-electron chi connectivity index (χ3n) is 2.62. The molecule has 0 heterocycles. The van der Waals surface area contributed by atoms with Gasteiger partial charge in [-0.3, -0.25) is 4.79 Å². The zero-order valence-electron chi connectivity index (χ0n) is 11.8. The lowest BCUT2D eigenvalue weighted by Crippen LogP contribution is -2.35. The van der Waals surface area contributed by atoms with Crippen LogP contribution in [0.5, 0.6) is 0 Å². The maximum absolute atomic E-state index is 11.8. The van der Waals surface area contributed by atoms with E-state index in [0.29, 0.717) is 12.1 Å². The van der Waals surface area contributed by atoms with Crippen molar-refractivity contribution >= 4 is 17.6 Å². The van der Waals surface area contributed by atoms with Crippen LogP contribution in [-0.2, 0) is 9.53 Å². The number of hydrogen-bond donors (Lipinski definition) is 1. The highest BCUT2D eigenvalue weighted by Crippen LogP contribution is 2.13. The maximum Gasteiger partial charge on any atom is 0.338 e. The van der Waals surface area contributed by atoms with E-state index in [2.05, 4.69) is 5.32 Å². The molecule has 1 atom stereocenters. The molecule has 1 aromatic rings. The molecule has 0 unspecified atom stereocenters. The van der Waals surface area contributed by atoms with Gasteiger partial charge < -0.3 is 15.0 Å². The zero-order chi connectivity index (χ0) is 14.4. The van der Waals surface area contributed by atoms with Crippen LogP contribution in [0, 0.1) is 0 Å². The van der Waals surface area contributed by atoms with Crippen molar-refractivity contribution in [2.45, 2.75) is 20.0 Å². The third-order valence-corrected chi connectivity index (χ3v) is 2.62. The van der Waals surface area contributed by atoms with E-state index in [1.165, 1.54) is 0 Å². The molecular weight excluding hydrogens is 244 g/mol. The topological polar surface area (TPSA) is 58.6 Å². The number of rotatable bonds is 5. The lowest BCUT2D eigenvalue weighted by atomic mass is 10.2. The first kappa shape index (κ1) is 15.0. The van der Waals surface area contributed by atoms with Crippen molar-refractivity contribution in [3.63, 3.8) is 0 Å². The number of carbonyl (C=O) groups is 2. The summed E-state index contributed by atoms with van der Waals surface area (Å²) in [6, 6.07) is 7.02. The first-order valence-electron chi connectivity index (χ1n) is 6.21. The van der Waals surface area contributed by atoms with Crippen LogP contribution in [0.3, 0.4) is 0 Å². The number of hydrogen-bond acceptors (Lipinski definition) is 4. The van der Waals surface area contributed by atoms with Crippen molar-refractivity contribution in [3.8, 4) is 0 Å². The average molecular weight is 264 g/mol. The van der Waals surface area contributed by atoms with E-state index in [-0.39, 0.29) is 5.91 Å². The normalized spacial score (nSPS) is 11.6. The lowest BCUT2D eigenvalue weighted by Gasteiger charge is -2.14. The minimum atomic E-state index is -0.791. The van der Waals surface area contributed by atoms with Gasteiger partial charge >= 0.3 is 5.97 Å². The van der Waals surface area contributed by atoms with E-state index in [4.69, 9.17) is 4.74 Å². The summed E-state index contributed by atoms with van der Waals surface area (Å²) in [6.45, 7) is 3.88. The van der Waals surface area contributed by atoms with Crippen molar-refractivity contribution in [3.05, 3.63) is 29.8 Å². The second-order valence-electron chi connectivity index (χ2n) is 4.38. The molecule has 5 nitrogen and oxygen atoms in total. The molecule has 19 heavy (non-hydrogen) atoms. The third kappa shape index (κ3) is 4.28. The van der Waals surface area contributed by atoms with Crippen LogP contribution in [-0.4, -0.2) is 38.6 Å². The van der Waals surface area contributed by atoms with Gasteiger partial charge in [0.25, 0.3) is 5.91 Å². The highest BCUT2D eigenvalue weighted by Gasteiger charge is 2.18. The van der Waals surface area contributed by atoms with Crippen molar-refractivity contribution < 1.29 is 14.3 Å². The van der Waals surface area contributed by atoms with Crippen molar-refractivity contribution in [1.82, 2.24) is 5.32 Å². The number of nitrogens with zero attached hydrogens (tertiary/aromatic N) is 1. The molecule has 5 heteroatoms. The van der Waals surface area contributed by atoms with Gasteiger partial charge in [-0.2, -0.15) is 0 Å². The Morgan fingerprint density at radius 2 is 1.84 bits per heavy atom. The van der Waals surface area contributed by atoms with Crippen LogP contribution in [0.15, 0.2) is 24.3 Å². The van der Waals surface area contributed by atoms with Crippen LogP contribution in [0.1, 0.15) is 24.2 Å². The van der Waals surface area contributed by atoms with E-state index in [9.17, 15) is 9.59 Å². The fourth-order valence-corrected chi connectivity index (χ4v) is 1.50. The van der Waals surface area contributed by atoms with Gasteiger partial charge in [0.1, 0.15) is 0 Å². The molecular formula is C14H20N2O3. The Kier molecular flexibility index (Phi) is 5.36. The highest BCUT2D eigenvalue weighted by atomic mass is 16.5. The van der Waals surface area contributed by atoms with Crippen LogP contribution < -0.4 is 10.2 Å². The number of likely N-dealkylation sites (N-methyl/N-ethyl adjacent to an activating group) is 1. The lowest BCUT2D eigenvalue weighted by molar-refractivity contribution is -0.128. The van der Waals surface area contributed by atoms with Gasteiger partial charge in [0, 0.05) is 26.3 Å². The van der Waals surface area contributed by atoms with Crippen molar-refractivity contribution in [2.24, 2.45) is 0 Å². The Bertz CT molecular complexity index is 441. The fraction of sp³-hybridized carbons (Fsp3) is 0.429. The van der Waals surface area contributed by atoms with Gasteiger partial charge in [-0.1, -0.05) is 0 Å². The summed E-state index contributed by atoms with van der Waals surface area (Å²) >= 11 is 0. The number of anilines is 1. The van der Waals surface area contributed by atoms with Gasteiger partial charge in [0.2, 0.25) is 0 Å². The predicted octanol–water partition coefficient (Wildman–Crippen LogP) is 1.43. The summed E-state index contributed by atoms with van der Waals surface area (Å²) < 4.78 is 5.09. The summed E-state index contributed by atoms with van der Waals surface area (Å²) in [4.78, 5) is 25.2. The Balaban J connectivity index is 2.65. The largest absolute Gasteiger partial charge is 0.449 e. The number of nitrogens with one attached hydrogen (secondary N) is 1. The predicted molar refractivity (Wildman–Crippen MR) is 74.3 cm³/mol. The molecule has 0 saturated heterocycles. The number of amides is 1. The molecule has 0 aliphatic rings. The maximum atomic E-state index is 11.8. The summed E-state index contributed by atoms with van der Waals surface area (Å²) in [5.74, 6) is -0.787. The van der Waals surface area contributed by atoms with E-state index in [1.54, 1.807) is 19.1 Å². The minimum Gasteiger partial charge on any atom is -0.449 e. The van der Waals surface area contributed by atoms with Crippen molar-refractivity contribution in [1.29, 1.82) is 0 Å². The number of esters is 1. The number of carbonyl (C=O) groups excluding carboxylic acids is 2. The van der Waals surface area contributed by atoms with Crippen LogP contribution in [0.4, 0.5) is 5.69 Å². The molecule has 0 fully saturated rings. The molecule has 1 N–H and O–H groups in total. The van der Waals surface area contributed by atoms with E-state index in [1.807, 2.05) is 38.1 Å². The molecule has 0 radical (unpaired) electrons. The van der Waals surface area contributed by atoms with Gasteiger partial charge in [-0.05, 0) is 38.1 Å². The molecule has 1 rings (SSSR count). The quantitative estimate of drug-likeness (QED) is 0.817. The SMILES string of the molecule is CCNC(=O)[C@H](C)OC(=O)c1ccc(N(C)C)cc1. The van der Waals surface area contributed by atoms with Gasteiger partial charge in [0.05, 0.1) is 5.56 Å². The molecule has 0 aromatic heterocycles. The van der Waals surface area contributed by atoms with E-state index < -0.39 is 12.1 Å². The summed E-state index contributed by atoms with van der Waals surface area (Å²) in [7, 11) is 3.84. The molecule has 1 amide bonds. The van der Waals surface area contributed by atoms with Gasteiger partial charge in [0.15, 0.2) is 6.10 Å². The monoisotopic (exact) mass is 264 g/mol. The molecule has 104 valence electrons. The Morgan fingerprint density at radius 3 is 2.32 bits per heavy atom. The molecule has 0 aliphatic carbocycles. The van der Waals surface area contributed by atoms with Gasteiger partial charge in [-0.25, -0.2) is 4.79 Å². The van der Waals surface area contributed by atoms with Crippen LogP contribution in [0.25, 0.3) is 0 Å². The van der Waals surface area contributed by atoms with E-state index >= 15 is 0 Å². The first-order valence-corrected chi connectivity index (χ1v) is 6.21. The minimum absolute atomic E-state index is 0.291. The van der Waals surface area contributed by atoms with Crippen molar-refractivity contribution in [2.75, 3.05) is 25.5 Å². The number of ether oxygens (including phenoxy) is 1.